The van der Waals surface area contributed by atoms with Crippen LogP contribution >= 0.6 is 11.3 Å². The number of carbonyl (C=O) groups excluding carboxylic acids is 1. The summed E-state index contributed by atoms with van der Waals surface area (Å²) in [5, 5.41) is 11.0. The summed E-state index contributed by atoms with van der Waals surface area (Å²) in [5.41, 5.74) is 2.85. The first-order valence-corrected chi connectivity index (χ1v) is 16.5. The predicted octanol–water partition coefficient (Wildman–Crippen LogP) is 8.12. The van der Waals surface area contributed by atoms with Crippen LogP contribution in [0.2, 0.25) is 0 Å². The van der Waals surface area contributed by atoms with E-state index in [4.69, 9.17) is 14.5 Å². The van der Waals surface area contributed by atoms with Crippen LogP contribution in [0.3, 0.4) is 0 Å². The molecule has 10 nitrogen and oxygen atoms in total. The number of rotatable bonds is 8. The minimum Gasteiger partial charge on any atom is -0.444 e. The zero-order valence-corrected chi connectivity index (χ0v) is 27.9. The first kappa shape index (κ1) is 32.1. The fraction of sp³-hybridized carbons (Fsp3) is 0.343. The second-order valence-corrected chi connectivity index (χ2v) is 13.6. The topological polar surface area (TPSA) is 114 Å². The van der Waals surface area contributed by atoms with Crippen molar-refractivity contribution in [3.05, 3.63) is 82.3 Å². The number of nitrogens with one attached hydrogen (secondary N) is 2. The Kier molecular flexibility index (Phi) is 9.21. The highest BCUT2D eigenvalue weighted by Crippen LogP contribution is 2.39. The van der Waals surface area contributed by atoms with E-state index in [2.05, 4.69) is 25.6 Å². The molecule has 0 saturated carbocycles. The Bertz CT molecular complexity index is 1910. The molecule has 1 aliphatic heterocycles. The van der Waals surface area contributed by atoms with Crippen molar-refractivity contribution >= 4 is 39.8 Å². The molecule has 1 saturated heterocycles. The van der Waals surface area contributed by atoms with Gasteiger partial charge in [0.15, 0.2) is 0 Å². The van der Waals surface area contributed by atoms with E-state index in [0.29, 0.717) is 59.5 Å². The molecule has 12 heteroatoms. The fourth-order valence-electron chi connectivity index (χ4n) is 5.56. The van der Waals surface area contributed by atoms with Crippen molar-refractivity contribution in [1.29, 1.82) is 0 Å². The molecule has 244 valence electrons. The van der Waals surface area contributed by atoms with E-state index in [-0.39, 0.29) is 18.0 Å². The van der Waals surface area contributed by atoms with Gasteiger partial charge < -0.3 is 25.0 Å². The van der Waals surface area contributed by atoms with Crippen LogP contribution in [0.25, 0.3) is 22.0 Å². The second kappa shape index (κ2) is 13.5. The molecule has 6 rings (SSSR count). The Morgan fingerprint density at radius 2 is 1.89 bits per heavy atom. The lowest BCUT2D eigenvalue weighted by Gasteiger charge is -2.34. The minimum atomic E-state index is -0.556. The normalized spacial score (nSPS) is 15.0. The number of carbonyl (C=O) groups is 1. The lowest BCUT2D eigenvalue weighted by atomic mass is 10.0. The highest BCUT2D eigenvalue weighted by Gasteiger charge is 2.28. The van der Waals surface area contributed by atoms with Crippen LogP contribution in [0.1, 0.15) is 49.9 Å². The molecule has 1 atom stereocenters. The maximum atomic E-state index is 15.1. The van der Waals surface area contributed by atoms with Crippen LogP contribution in [-0.4, -0.2) is 55.7 Å². The smallest absolute Gasteiger partial charge is 0.410 e. The highest BCUT2D eigenvalue weighted by molar-refractivity contribution is 7.09. The van der Waals surface area contributed by atoms with Gasteiger partial charge in [-0.3, -0.25) is 0 Å². The average molecular weight is 656 g/mol. The SMILES string of the molecule is Cc1nc(CNc2c(F)ccc3c(Oc4ncccc4-c4ccnc(N[C@H]5CCCN(C(=O)OC(C)(C)C)C5)n4)c(C)ccc23)cs1. The summed E-state index contributed by atoms with van der Waals surface area (Å²) in [4.78, 5) is 32.7. The molecule has 47 heavy (non-hydrogen) atoms. The number of anilines is 2. The number of hydrogen-bond acceptors (Lipinski definition) is 10. The Morgan fingerprint density at radius 1 is 1.06 bits per heavy atom. The molecule has 2 aromatic carbocycles. The molecular weight excluding hydrogens is 617 g/mol. The molecule has 3 aromatic heterocycles. The van der Waals surface area contributed by atoms with Gasteiger partial charge in [-0.1, -0.05) is 12.1 Å². The number of piperidine rings is 1. The third kappa shape index (κ3) is 7.60. The molecule has 1 fully saturated rings. The number of nitrogens with zero attached hydrogens (tertiary/aromatic N) is 5. The summed E-state index contributed by atoms with van der Waals surface area (Å²) < 4.78 is 27.2. The molecule has 0 radical (unpaired) electrons. The van der Waals surface area contributed by atoms with Crippen molar-refractivity contribution < 1.29 is 18.7 Å². The Hall–Kier alpha value is -4.84. The number of amides is 1. The zero-order valence-electron chi connectivity index (χ0n) is 27.1. The van der Waals surface area contributed by atoms with Crippen LogP contribution < -0.4 is 15.4 Å². The van der Waals surface area contributed by atoms with Gasteiger partial charge in [-0.25, -0.2) is 29.1 Å². The number of fused-ring (bicyclic) bond motifs is 1. The van der Waals surface area contributed by atoms with Crippen LogP contribution in [-0.2, 0) is 11.3 Å². The van der Waals surface area contributed by atoms with Crippen molar-refractivity contribution in [1.82, 2.24) is 24.8 Å². The maximum Gasteiger partial charge on any atom is 0.410 e. The molecule has 0 bridgehead atoms. The number of aryl methyl sites for hydroxylation is 2. The zero-order chi connectivity index (χ0) is 33.1. The van der Waals surface area contributed by atoms with E-state index in [1.165, 1.54) is 6.07 Å². The van der Waals surface area contributed by atoms with Crippen molar-refractivity contribution in [3.63, 3.8) is 0 Å². The van der Waals surface area contributed by atoms with Crippen LogP contribution in [0, 0.1) is 19.7 Å². The van der Waals surface area contributed by atoms with Gasteiger partial charge in [-0.2, -0.15) is 0 Å². The standard InChI is InChI=1S/C35H38FN7O3S/c1-21-10-11-25-26(12-13-28(36)30(25)39-18-24-20-47-22(2)40-24)31(21)45-32-27(9-6-15-37-32)29-14-16-38-33(42-29)41-23-8-7-17-43(19-23)34(44)46-35(3,4)5/h6,9-16,20,23,39H,7-8,17-19H2,1-5H3,(H,38,41,42)/t23-/m0/s1. The summed E-state index contributed by atoms with van der Waals surface area (Å²) in [6.07, 6.45) is 4.74. The van der Waals surface area contributed by atoms with E-state index in [1.54, 1.807) is 40.8 Å². The maximum absolute atomic E-state index is 15.1. The summed E-state index contributed by atoms with van der Waals surface area (Å²) in [5.74, 6) is 1.02. The van der Waals surface area contributed by atoms with Gasteiger partial charge in [0.2, 0.25) is 11.8 Å². The third-order valence-corrected chi connectivity index (χ3v) is 8.54. The molecule has 0 spiro atoms. The summed E-state index contributed by atoms with van der Waals surface area (Å²) in [6, 6.07) is 12.5. The Labute approximate surface area is 277 Å². The Morgan fingerprint density at radius 3 is 2.68 bits per heavy atom. The number of ether oxygens (including phenoxy) is 2. The van der Waals surface area contributed by atoms with E-state index < -0.39 is 5.60 Å². The molecule has 1 aliphatic rings. The van der Waals surface area contributed by atoms with E-state index in [1.807, 2.05) is 64.3 Å². The average Bonchev–Trinajstić information content (AvgIpc) is 3.46. The molecule has 0 unspecified atom stereocenters. The minimum absolute atomic E-state index is 0.0304. The highest BCUT2D eigenvalue weighted by atomic mass is 32.1. The summed E-state index contributed by atoms with van der Waals surface area (Å²) in [6.45, 7) is 11.0. The van der Waals surface area contributed by atoms with Crippen LogP contribution in [0.5, 0.6) is 11.6 Å². The molecule has 2 N–H and O–H groups in total. The molecule has 0 aliphatic carbocycles. The number of aromatic nitrogens is 4. The van der Waals surface area contributed by atoms with E-state index in [0.717, 1.165) is 34.5 Å². The largest absolute Gasteiger partial charge is 0.444 e. The van der Waals surface area contributed by atoms with E-state index >= 15 is 4.39 Å². The number of likely N-dealkylation sites (tertiary alicyclic amines) is 1. The van der Waals surface area contributed by atoms with E-state index in [9.17, 15) is 4.79 Å². The van der Waals surface area contributed by atoms with Gasteiger partial charge >= 0.3 is 6.09 Å². The van der Waals surface area contributed by atoms with Gasteiger partial charge in [-0.15, -0.1) is 11.3 Å². The van der Waals surface area contributed by atoms with Crippen molar-refractivity contribution in [2.75, 3.05) is 23.7 Å². The number of benzene rings is 2. The quantitative estimate of drug-likeness (QED) is 0.171. The lowest BCUT2D eigenvalue weighted by Crippen LogP contribution is -2.47. The lowest BCUT2D eigenvalue weighted by molar-refractivity contribution is 0.0206. The van der Waals surface area contributed by atoms with Crippen molar-refractivity contribution in [3.8, 4) is 22.9 Å². The van der Waals surface area contributed by atoms with Crippen LogP contribution in [0.4, 0.5) is 20.8 Å². The third-order valence-electron chi connectivity index (χ3n) is 7.72. The van der Waals surface area contributed by atoms with Gasteiger partial charge in [0.1, 0.15) is 17.2 Å². The predicted molar refractivity (Wildman–Crippen MR) is 183 cm³/mol. The molecule has 1 amide bonds. The molecule has 4 heterocycles. The molecule has 5 aromatic rings. The monoisotopic (exact) mass is 655 g/mol. The molecular formula is C35H38FN7O3S. The summed E-state index contributed by atoms with van der Waals surface area (Å²) in [7, 11) is 0. The fourth-order valence-corrected chi connectivity index (χ4v) is 6.17. The van der Waals surface area contributed by atoms with Gasteiger partial charge in [0.25, 0.3) is 0 Å². The van der Waals surface area contributed by atoms with Crippen molar-refractivity contribution in [2.24, 2.45) is 0 Å². The first-order chi connectivity index (χ1) is 22.5. The first-order valence-electron chi connectivity index (χ1n) is 15.6. The second-order valence-electron chi connectivity index (χ2n) is 12.6. The number of pyridine rings is 1. The summed E-state index contributed by atoms with van der Waals surface area (Å²) >= 11 is 1.56. The number of hydrogen-bond donors (Lipinski definition) is 2. The Balaban J connectivity index is 1.24. The van der Waals surface area contributed by atoms with Gasteiger partial charge in [0, 0.05) is 47.7 Å². The van der Waals surface area contributed by atoms with Gasteiger partial charge in [-0.05, 0) is 83.4 Å². The number of halogens is 1. The number of thiazole rings is 1. The van der Waals surface area contributed by atoms with Crippen LogP contribution in [0.15, 0.2) is 60.2 Å². The van der Waals surface area contributed by atoms with Crippen molar-refractivity contribution in [2.45, 2.75) is 65.6 Å². The van der Waals surface area contributed by atoms with Gasteiger partial charge in [0.05, 0.1) is 34.2 Å².